The molecule has 0 spiro atoms. The second-order valence-electron chi connectivity index (χ2n) is 6.69. The van der Waals surface area contributed by atoms with Gasteiger partial charge in [0, 0.05) is 38.3 Å². The molecular formula is C19H19N7O2. The number of carbonyl (C=O) groups excluding carboxylic acids is 1. The fourth-order valence-electron chi connectivity index (χ4n) is 3.59. The highest BCUT2D eigenvalue weighted by atomic mass is 16.3. The Balaban J connectivity index is 1.43. The van der Waals surface area contributed by atoms with E-state index in [4.69, 9.17) is 4.42 Å². The molecule has 0 aromatic carbocycles. The van der Waals surface area contributed by atoms with Crippen LogP contribution in [-0.2, 0) is 6.54 Å². The molecule has 9 nitrogen and oxygen atoms in total. The first-order valence-corrected chi connectivity index (χ1v) is 9.17. The third-order valence-corrected chi connectivity index (χ3v) is 4.99. The second kappa shape index (κ2) is 6.93. The van der Waals surface area contributed by atoms with Crippen molar-refractivity contribution in [2.75, 3.05) is 36.4 Å². The SMILES string of the molecule is O=C1NCc2c(-c3cnco3)ncc(Nc3ccc(N4CCNCC4)cn3)c21. The highest BCUT2D eigenvalue weighted by Crippen LogP contribution is 2.33. The van der Waals surface area contributed by atoms with Crippen LogP contribution in [0.1, 0.15) is 15.9 Å². The molecule has 5 rings (SSSR count). The highest BCUT2D eigenvalue weighted by molar-refractivity contribution is 6.05. The van der Waals surface area contributed by atoms with Crippen molar-refractivity contribution in [2.45, 2.75) is 6.54 Å². The Hall–Kier alpha value is -3.46. The number of hydrogen-bond acceptors (Lipinski definition) is 8. The number of fused-ring (bicyclic) bond motifs is 1. The van der Waals surface area contributed by atoms with Crippen LogP contribution in [0.3, 0.4) is 0 Å². The maximum atomic E-state index is 12.4. The van der Waals surface area contributed by atoms with Crippen molar-refractivity contribution in [2.24, 2.45) is 0 Å². The van der Waals surface area contributed by atoms with Crippen LogP contribution in [0.15, 0.2) is 41.5 Å². The summed E-state index contributed by atoms with van der Waals surface area (Å²) in [5, 5.41) is 9.42. The number of pyridine rings is 2. The quantitative estimate of drug-likeness (QED) is 0.628. The first-order chi connectivity index (χ1) is 13.8. The predicted octanol–water partition coefficient (Wildman–Crippen LogP) is 1.53. The summed E-state index contributed by atoms with van der Waals surface area (Å²) in [6.45, 7) is 4.29. The summed E-state index contributed by atoms with van der Waals surface area (Å²) in [6.07, 6.45) is 6.43. The van der Waals surface area contributed by atoms with E-state index in [1.807, 2.05) is 18.3 Å². The fraction of sp³-hybridized carbons (Fsp3) is 0.263. The van der Waals surface area contributed by atoms with Crippen LogP contribution in [0.4, 0.5) is 17.2 Å². The minimum Gasteiger partial charge on any atom is -0.442 e. The van der Waals surface area contributed by atoms with Crippen molar-refractivity contribution in [3.05, 3.63) is 48.2 Å². The first-order valence-electron chi connectivity index (χ1n) is 9.17. The third-order valence-electron chi connectivity index (χ3n) is 4.99. The van der Waals surface area contributed by atoms with Gasteiger partial charge < -0.3 is 25.3 Å². The number of rotatable bonds is 4. The largest absolute Gasteiger partial charge is 0.442 e. The normalized spacial score (nSPS) is 16.0. The summed E-state index contributed by atoms with van der Waals surface area (Å²) in [4.78, 5) is 27.6. The molecule has 28 heavy (non-hydrogen) atoms. The topological polar surface area (TPSA) is 108 Å². The number of oxazole rings is 1. The van der Waals surface area contributed by atoms with Gasteiger partial charge in [0.05, 0.1) is 35.5 Å². The van der Waals surface area contributed by atoms with E-state index in [0.717, 1.165) is 37.4 Å². The Bertz CT molecular complexity index is 996. The lowest BCUT2D eigenvalue weighted by atomic mass is 10.1. The number of piperazine rings is 1. The summed E-state index contributed by atoms with van der Waals surface area (Å²) in [5.74, 6) is 1.06. The van der Waals surface area contributed by atoms with Crippen LogP contribution >= 0.6 is 0 Å². The molecule has 0 bridgehead atoms. The van der Waals surface area contributed by atoms with Gasteiger partial charge in [-0.15, -0.1) is 0 Å². The molecule has 1 saturated heterocycles. The summed E-state index contributed by atoms with van der Waals surface area (Å²) >= 11 is 0. The van der Waals surface area contributed by atoms with Crippen LogP contribution in [-0.4, -0.2) is 47.0 Å². The van der Waals surface area contributed by atoms with E-state index in [9.17, 15) is 4.79 Å². The molecule has 0 atom stereocenters. The maximum absolute atomic E-state index is 12.4. The van der Waals surface area contributed by atoms with Crippen LogP contribution in [0.2, 0.25) is 0 Å². The smallest absolute Gasteiger partial charge is 0.254 e. The lowest BCUT2D eigenvalue weighted by Gasteiger charge is -2.29. The molecule has 2 aliphatic rings. The van der Waals surface area contributed by atoms with Crippen molar-refractivity contribution in [3.63, 3.8) is 0 Å². The third kappa shape index (κ3) is 2.95. The summed E-state index contributed by atoms with van der Waals surface area (Å²) in [5.41, 5.74) is 3.70. The molecule has 3 N–H and O–H groups in total. The van der Waals surface area contributed by atoms with Crippen LogP contribution in [0, 0.1) is 0 Å². The summed E-state index contributed by atoms with van der Waals surface area (Å²) in [7, 11) is 0. The Morgan fingerprint density at radius 2 is 2.00 bits per heavy atom. The second-order valence-corrected chi connectivity index (χ2v) is 6.69. The molecule has 142 valence electrons. The van der Waals surface area contributed by atoms with Crippen LogP contribution < -0.4 is 20.9 Å². The Morgan fingerprint density at radius 1 is 1.11 bits per heavy atom. The molecular weight excluding hydrogens is 358 g/mol. The number of carbonyl (C=O) groups is 1. The maximum Gasteiger partial charge on any atom is 0.254 e. The van der Waals surface area contributed by atoms with Gasteiger partial charge in [-0.1, -0.05) is 0 Å². The Morgan fingerprint density at radius 3 is 2.75 bits per heavy atom. The summed E-state index contributed by atoms with van der Waals surface area (Å²) < 4.78 is 5.35. The molecule has 0 saturated carbocycles. The zero-order chi connectivity index (χ0) is 18.9. The van der Waals surface area contributed by atoms with Gasteiger partial charge in [0.1, 0.15) is 11.5 Å². The number of anilines is 3. The van der Waals surface area contributed by atoms with Gasteiger partial charge in [-0.25, -0.2) is 9.97 Å². The van der Waals surface area contributed by atoms with Crippen LogP contribution in [0.25, 0.3) is 11.5 Å². The molecule has 3 aromatic heterocycles. The predicted molar refractivity (Wildman–Crippen MR) is 104 cm³/mol. The molecule has 0 aliphatic carbocycles. The molecule has 0 radical (unpaired) electrons. The minimum atomic E-state index is -0.141. The molecule has 1 amide bonds. The fourth-order valence-corrected chi connectivity index (χ4v) is 3.59. The van der Waals surface area contributed by atoms with Gasteiger partial charge >= 0.3 is 0 Å². The zero-order valence-electron chi connectivity index (χ0n) is 15.1. The van der Waals surface area contributed by atoms with Crippen molar-refractivity contribution < 1.29 is 9.21 Å². The van der Waals surface area contributed by atoms with E-state index in [-0.39, 0.29) is 5.91 Å². The van der Waals surface area contributed by atoms with E-state index >= 15 is 0 Å². The van der Waals surface area contributed by atoms with E-state index in [1.165, 1.54) is 6.39 Å². The van der Waals surface area contributed by atoms with Crippen molar-refractivity contribution in [1.82, 2.24) is 25.6 Å². The Kier molecular flexibility index (Phi) is 4.13. The average Bonchev–Trinajstić information content (AvgIpc) is 3.40. The van der Waals surface area contributed by atoms with E-state index in [0.29, 0.717) is 35.1 Å². The van der Waals surface area contributed by atoms with Gasteiger partial charge in [0.25, 0.3) is 5.91 Å². The number of nitrogens with one attached hydrogen (secondary N) is 3. The lowest BCUT2D eigenvalue weighted by Crippen LogP contribution is -2.43. The van der Waals surface area contributed by atoms with Gasteiger partial charge in [0.15, 0.2) is 12.2 Å². The number of aromatic nitrogens is 3. The highest BCUT2D eigenvalue weighted by Gasteiger charge is 2.28. The molecule has 5 heterocycles. The summed E-state index contributed by atoms with van der Waals surface area (Å²) in [6, 6.07) is 3.96. The van der Waals surface area contributed by atoms with Crippen LogP contribution in [0.5, 0.6) is 0 Å². The molecule has 9 heteroatoms. The van der Waals surface area contributed by atoms with Crippen molar-refractivity contribution in [3.8, 4) is 11.5 Å². The molecule has 0 unspecified atom stereocenters. The minimum absolute atomic E-state index is 0.141. The number of amides is 1. The molecule has 2 aliphatic heterocycles. The van der Waals surface area contributed by atoms with E-state index in [1.54, 1.807) is 12.4 Å². The van der Waals surface area contributed by atoms with Gasteiger partial charge in [-0.05, 0) is 12.1 Å². The Labute approximate surface area is 161 Å². The first kappa shape index (κ1) is 16.7. The van der Waals surface area contributed by atoms with E-state index < -0.39 is 0 Å². The average molecular weight is 377 g/mol. The monoisotopic (exact) mass is 377 g/mol. The number of nitrogens with zero attached hydrogens (tertiary/aromatic N) is 4. The van der Waals surface area contributed by atoms with Gasteiger partial charge in [0.2, 0.25) is 0 Å². The lowest BCUT2D eigenvalue weighted by molar-refractivity contribution is 0.0966. The molecule has 3 aromatic rings. The zero-order valence-corrected chi connectivity index (χ0v) is 15.1. The van der Waals surface area contributed by atoms with E-state index in [2.05, 4.69) is 35.8 Å². The number of hydrogen-bond donors (Lipinski definition) is 3. The standard InChI is InChI=1S/C19H19N7O2/c27-19-17-13(8-24-19)18(15-10-21-11-28-15)23-9-14(17)25-16-2-1-12(7-22-16)26-5-3-20-4-6-26/h1-2,7,9-11,20H,3-6,8H2,(H,22,25)(H,24,27). The van der Waals surface area contributed by atoms with Crippen molar-refractivity contribution in [1.29, 1.82) is 0 Å². The van der Waals surface area contributed by atoms with Gasteiger partial charge in [-0.3, -0.25) is 9.78 Å². The molecule has 1 fully saturated rings. The van der Waals surface area contributed by atoms with Crippen molar-refractivity contribution >= 4 is 23.1 Å². The van der Waals surface area contributed by atoms with Gasteiger partial charge in [-0.2, -0.15) is 0 Å².